The summed E-state index contributed by atoms with van der Waals surface area (Å²) in [5.74, 6) is -0.106. The van der Waals surface area contributed by atoms with Gasteiger partial charge in [-0.05, 0) is 25.0 Å². The number of nitro benzene ring substituents is 1. The summed E-state index contributed by atoms with van der Waals surface area (Å²) in [6, 6.07) is 14.3. The monoisotopic (exact) mass is 424 g/mol. The zero-order chi connectivity index (χ0) is 20.2. The number of anilines is 1. The van der Waals surface area contributed by atoms with Crippen LogP contribution in [0.15, 0.2) is 53.9 Å². The highest BCUT2D eigenvalue weighted by molar-refractivity contribution is 7.18. The van der Waals surface area contributed by atoms with Gasteiger partial charge in [0.15, 0.2) is 5.13 Å². The first-order valence-electron chi connectivity index (χ1n) is 8.93. The summed E-state index contributed by atoms with van der Waals surface area (Å²) < 4.78 is 1.16. The van der Waals surface area contributed by atoms with Crippen LogP contribution in [0.4, 0.5) is 10.8 Å². The number of fused-ring (bicyclic) bond motifs is 1. The van der Waals surface area contributed by atoms with Crippen molar-refractivity contribution >= 4 is 49.6 Å². The first kappa shape index (κ1) is 19.2. The second-order valence-corrected chi connectivity index (χ2v) is 8.30. The molecule has 0 spiro atoms. The highest BCUT2D eigenvalue weighted by atomic mass is 32.1. The number of amides is 1. The Hall–Kier alpha value is -3.17. The Labute approximate surface area is 174 Å². The van der Waals surface area contributed by atoms with Crippen molar-refractivity contribution in [3.8, 4) is 11.3 Å². The van der Waals surface area contributed by atoms with Crippen molar-refractivity contribution in [1.82, 2.24) is 9.97 Å². The van der Waals surface area contributed by atoms with Crippen LogP contribution in [0.1, 0.15) is 17.8 Å². The van der Waals surface area contributed by atoms with Gasteiger partial charge in [0.05, 0.1) is 25.8 Å². The van der Waals surface area contributed by atoms with E-state index >= 15 is 0 Å². The first-order chi connectivity index (χ1) is 14.1. The number of aromatic nitrogens is 2. The van der Waals surface area contributed by atoms with E-state index in [1.54, 1.807) is 28.8 Å². The molecule has 4 rings (SSSR count). The lowest BCUT2D eigenvalue weighted by atomic mass is 10.1. The predicted octanol–water partition coefficient (Wildman–Crippen LogP) is 5.29. The van der Waals surface area contributed by atoms with Crippen LogP contribution >= 0.6 is 22.7 Å². The molecule has 0 unspecified atom stereocenters. The predicted molar refractivity (Wildman–Crippen MR) is 115 cm³/mol. The number of para-hydroxylation sites is 1. The van der Waals surface area contributed by atoms with E-state index in [9.17, 15) is 14.9 Å². The van der Waals surface area contributed by atoms with Gasteiger partial charge in [0.25, 0.3) is 5.69 Å². The van der Waals surface area contributed by atoms with E-state index in [2.05, 4.69) is 15.3 Å². The second kappa shape index (κ2) is 8.46. The Morgan fingerprint density at radius 1 is 1.14 bits per heavy atom. The van der Waals surface area contributed by atoms with Crippen molar-refractivity contribution in [3.63, 3.8) is 0 Å². The number of hydrogen-bond acceptors (Lipinski definition) is 7. The van der Waals surface area contributed by atoms with Crippen LogP contribution in [0.3, 0.4) is 0 Å². The van der Waals surface area contributed by atoms with Gasteiger partial charge in [0, 0.05) is 29.5 Å². The number of carbonyl (C=O) groups is 1. The smallest absolute Gasteiger partial charge is 0.270 e. The van der Waals surface area contributed by atoms with Crippen molar-refractivity contribution in [2.24, 2.45) is 0 Å². The number of rotatable bonds is 7. The fraction of sp³-hybridized carbons (Fsp3) is 0.150. The lowest BCUT2D eigenvalue weighted by Gasteiger charge is -2.01. The van der Waals surface area contributed by atoms with Gasteiger partial charge < -0.3 is 5.32 Å². The number of benzene rings is 2. The highest BCUT2D eigenvalue weighted by Crippen LogP contribution is 2.28. The van der Waals surface area contributed by atoms with Crippen LogP contribution in [0.2, 0.25) is 0 Å². The highest BCUT2D eigenvalue weighted by Gasteiger charge is 2.12. The maximum Gasteiger partial charge on any atom is 0.270 e. The lowest BCUT2D eigenvalue weighted by molar-refractivity contribution is -0.384. The standard InChI is InChI=1S/C20H16N4O3S2/c25-18(9-4-10-19-21-15-7-1-2-8-17(15)29-19)23-20-22-16(12-28-20)13-5-3-6-14(11-13)24(26)27/h1-3,5-8,11-12H,4,9-10H2,(H,22,23,25). The molecule has 0 bridgehead atoms. The van der Waals surface area contributed by atoms with Gasteiger partial charge in [0.2, 0.25) is 5.91 Å². The average Bonchev–Trinajstić information content (AvgIpc) is 3.34. The number of carbonyl (C=O) groups excluding carboxylic acids is 1. The molecule has 0 aliphatic heterocycles. The minimum absolute atomic E-state index is 0.0101. The first-order valence-corrected chi connectivity index (χ1v) is 10.6. The largest absolute Gasteiger partial charge is 0.302 e. The Morgan fingerprint density at radius 3 is 2.83 bits per heavy atom. The van der Waals surface area contributed by atoms with Gasteiger partial charge in [-0.25, -0.2) is 9.97 Å². The summed E-state index contributed by atoms with van der Waals surface area (Å²) in [6.45, 7) is 0. The minimum Gasteiger partial charge on any atom is -0.302 e. The third kappa shape index (κ3) is 4.64. The number of nitrogens with one attached hydrogen (secondary N) is 1. The van der Waals surface area contributed by atoms with Crippen molar-refractivity contribution in [2.75, 3.05) is 5.32 Å². The van der Waals surface area contributed by atoms with E-state index in [1.165, 1.54) is 23.5 Å². The molecule has 2 aromatic carbocycles. The molecule has 146 valence electrons. The van der Waals surface area contributed by atoms with Gasteiger partial charge in [-0.3, -0.25) is 14.9 Å². The Morgan fingerprint density at radius 2 is 2.00 bits per heavy atom. The topological polar surface area (TPSA) is 98.0 Å². The third-order valence-electron chi connectivity index (χ3n) is 4.24. The molecule has 0 saturated heterocycles. The molecule has 0 atom stereocenters. The van der Waals surface area contributed by atoms with E-state index in [1.807, 2.05) is 24.3 Å². The zero-order valence-electron chi connectivity index (χ0n) is 15.2. The molecule has 1 amide bonds. The quantitative estimate of drug-likeness (QED) is 0.321. The van der Waals surface area contributed by atoms with Crippen molar-refractivity contribution in [3.05, 3.63) is 69.0 Å². The molecule has 29 heavy (non-hydrogen) atoms. The Bertz CT molecular complexity index is 1150. The number of hydrogen-bond donors (Lipinski definition) is 1. The zero-order valence-corrected chi connectivity index (χ0v) is 16.8. The summed E-state index contributed by atoms with van der Waals surface area (Å²) in [4.78, 5) is 31.6. The van der Waals surface area contributed by atoms with Gasteiger partial charge in [0.1, 0.15) is 0 Å². The van der Waals surface area contributed by atoms with Crippen LogP contribution in [-0.2, 0) is 11.2 Å². The fourth-order valence-electron chi connectivity index (χ4n) is 2.85. The Balaban J connectivity index is 1.32. The summed E-state index contributed by atoms with van der Waals surface area (Å²) in [7, 11) is 0. The molecule has 9 heteroatoms. The fourth-order valence-corrected chi connectivity index (χ4v) is 4.60. The molecule has 2 aromatic heterocycles. The second-order valence-electron chi connectivity index (χ2n) is 6.32. The average molecular weight is 425 g/mol. The van der Waals surface area contributed by atoms with Crippen LogP contribution in [-0.4, -0.2) is 20.8 Å². The van der Waals surface area contributed by atoms with Crippen molar-refractivity contribution in [1.29, 1.82) is 0 Å². The number of aryl methyl sites for hydroxylation is 1. The lowest BCUT2D eigenvalue weighted by Crippen LogP contribution is -2.11. The van der Waals surface area contributed by atoms with E-state index < -0.39 is 4.92 Å². The van der Waals surface area contributed by atoms with Gasteiger partial charge in [-0.2, -0.15) is 0 Å². The molecular weight excluding hydrogens is 408 g/mol. The SMILES string of the molecule is O=C(CCCc1nc2ccccc2s1)Nc1nc(-c2cccc([N+](=O)[O-])c2)cs1. The van der Waals surface area contributed by atoms with Crippen LogP contribution < -0.4 is 5.32 Å². The van der Waals surface area contributed by atoms with E-state index in [4.69, 9.17) is 0 Å². The summed E-state index contributed by atoms with van der Waals surface area (Å²) >= 11 is 2.95. The van der Waals surface area contributed by atoms with Crippen LogP contribution in [0, 0.1) is 10.1 Å². The molecule has 0 aliphatic carbocycles. The molecule has 7 nitrogen and oxygen atoms in total. The van der Waals surface area contributed by atoms with Crippen molar-refractivity contribution in [2.45, 2.75) is 19.3 Å². The maximum atomic E-state index is 12.2. The van der Waals surface area contributed by atoms with Crippen LogP contribution in [0.5, 0.6) is 0 Å². The molecule has 4 aromatic rings. The number of thiazole rings is 2. The molecule has 0 aliphatic rings. The third-order valence-corrected chi connectivity index (χ3v) is 6.09. The minimum atomic E-state index is -0.440. The molecular formula is C20H16N4O3S2. The molecule has 0 fully saturated rings. The summed E-state index contributed by atoms with van der Waals surface area (Å²) in [6.07, 6.45) is 1.83. The number of non-ortho nitro benzene ring substituents is 1. The number of nitrogens with zero attached hydrogens (tertiary/aromatic N) is 3. The van der Waals surface area contributed by atoms with E-state index in [-0.39, 0.29) is 11.6 Å². The molecule has 2 heterocycles. The van der Waals surface area contributed by atoms with E-state index in [0.29, 0.717) is 29.2 Å². The normalized spacial score (nSPS) is 10.9. The molecule has 1 N–H and O–H groups in total. The van der Waals surface area contributed by atoms with Gasteiger partial charge >= 0.3 is 0 Å². The maximum absolute atomic E-state index is 12.2. The number of nitro groups is 1. The Kier molecular flexibility index (Phi) is 5.59. The van der Waals surface area contributed by atoms with E-state index in [0.717, 1.165) is 21.6 Å². The summed E-state index contributed by atoms with van der Waals surface area (Å²) in [5, 5.41) is 17.0. The summed E-state index contributed by atoms with van der Waals surface area (Å²) in [5.41, 5.74) is 2.25. The van der Waals surface area contributed by atoms with Gasteiger partial charge in [-0.1, -0.05) is 24.3 Å². The van der Waals surface area contributed by atoms with Crippen LogP contribution in [0.25, 0.3) is 21.5 Å². The molecule has 0 saturated carbocycles. The van der Waals surface area contributed by atoms with Crippen molar-refractivity contribution < 1.29 is 9.72 Å². The molecule has 0 radical (unpaired) electrons. The van der Waals surface area contributed by atoms with Gasteiger partial charge in [-0.15, -0.1) is 22.7 Å².